The number of amides is 2. The Morgan fingerprint density at radius 1 is 1.14 bits per heavy atom. The second kappa shape index (κ2) is 8.12. The molecule has 0 bridgehead atoms. The maximum absolute atomic E-state index is 12.8. The number of carbonyl (C=O) groups is 2. The fourth-order valence-electron chi connectivity index (χ4n) is 4.14. The van der Waals surface area contributed by atoms with E-state index in [1.807, 2.05) is 11.8 Å². The number of carbonyl (C=O) groups excluding carboxylic acids is 2. The van der Waals surface area contributed by atoms with Crippen molar-refractivity contribution in [1.29, 1.82) is 0 Å². The minimum absolute atomic E-state index is 0.00140. The lowest BCUT2D eigenvalue weighted by molar-refractivity contribution is 0.0720. The van der Waals surface area contributed by atoms with Crippen molar-refractivity contribution >= 4 is 11.8 Å². The average Bonchev–Trinajstić information content (AvgIpc) is 3.48. The van der Waals surface area contributed by atoms with Gasteiger partial charge in [0.2, 0.25) is 0 Å². The van der Waals surface area contributed by atoms with Crippen LogP contribution in [-0.2, 0) is 13.1 Å². The Morgan fingerprint density at radius 3 is 2.71 bits per heavy atom. The number of rotatable bonds is 6. The number of hydrogen-bond donors (Lipinski definition) is 1. The molecule has 1 N–H and O–H groups in total. The van der Waals surface area contributed by atoms with Gasteiger partial charge in [-0.05, 0) is 32.6 Å². The monoisotopic (exact) mass is 385 g/mol. The van der Waals surface area contributed by atoms with Gasteiger partial charge in [0.25, 0.3) is 11.8 Å². The highest BCUT2D eigenvalue weighted by molar-refractivity contribution is 5.94. The van der Waals surface area contributed by atoms with Crippen molar-refractivity contribution in [3.8, 4) is 0 Å². The smallest absolute Gasteiger partial charge is 0.273 e. The highest BCUT2D eigenvalue weighted by Gasteiger charge is 2.31. The van der Waals surface area contributed by atoms with E-state index in [0.717, 1.165) is 38.8 Å². The molecule has 9 nitrogen and oxygen atoms in total. The van der Waals surface area contributed by atoms with Crippen LogP contribution in [0, 0.1) is 0 Å². The fourth-order valence-corrected chi connectivity index (χ4v) is 4.14. The van der Waals surface area contributed by atoms with Crippen LogP contribution in [0.15, 0.2) is 18.6 Å². The van der Waals surface area contributed by atoms with Gasteiger partial charge in [-0.3, -0.25) is 14.3 Å². The van der Waals surface area contributed by atoms with Crippen LogP contribution in [0.3, 0.4) is 0 Å². The van der Waals surface area contributed by atoms with E-state index in [0.29, 0.717) is 17.8 Å². The predicted octanol–water partition coefficient (Wildman–Crippen LogP) is 1.47. The SMILES string of the molecule is CCn1cc(C(=O)N2CCC[C@H]2Cn2cc(C(=O)NC3CCCC3)nn2)cn1. The molecular weight excluding hydrogens is 358 g/mol. The van der Waals surface area contributed by atoms with E-state index < -0.39 is 0 Å². The molecule has 0 radical (unpaired) electrons. The van der Waals surface area contributed by atoms with Gasteiger partial charge in [0.1, 0.15) is 0 Å². The Morgan fingerprint density at radius 2 is 1.96 bits per heavy atom. The average molecular weight is 385 g/mol. The molecule has 2 aromatic rings. The fraction of sp³-hybridized carbons (Fsp3) is 0.632. The van der Waals surface area contributed by atoms with Gasteiger partial charge in [0, 0.05) is 25.3 Å². The largest absolute Gasteiger partial charge is 0.348 e. The van der Waals surface area contributed by atoms with E-state index in [1.165, 1.54) is 12.8 Å². The zero-order valence-electron chi connectivity index (χ0n) is 16.3. The number of hydrogen-bond acceptors (Lipinski definition) is 5. The third-order valence-corrected chi connectivity index (χ3v) is 5.70. The van der Waals surface area contributed by atoms with Gasteiger partial charge in [-0.1, -0.05) is 18.1 Å². The summed E-state index contributed by atoms with van der Waals surface area (Å²) in [6.07, 6.45) is 11.4. The first-order valence-electron chi connectivity index (χ1n) is 10.2. The van der Waals surface area contributed by atoms with Gasteiger partial charge in [-0.25, -0.2) is 4.68 Å². The lowest BCUT2D eigenvalue weighted by Gasteiger charge is -2.24. The molecule has 28 heavy (non-hydrogen) atoms. The molecule has 0 aromatic carbocycles. The number of nitrogens with one attached hydrogen (secondary N) is 1. The van der Waals surface area contributed by atoms with Gasteiger partial charge in [-0.2, -0.15) is 5.10 Å². The van der Waals surface area contributed by atoms with Crippen molar-refractivity contribution in [2.75, 3.05) is 6.54 Å². The summed E-state index contributed by atoms with van der Waals surface area (Å²) >= 11 is 0. The highest BCUT2D eigenvalue weighted by atomic mass is 16.2. The van der Waals surface area contributed by atoms with Crippen LogP contribution in [0.5, 0.6) is 0 Å². The van der Waals surface area contributed by atoms with E-state index in [9.17, 15) is 9.59 Å². The summed E-state index contributed by atoms with van der Waals surface area (Å²) in [7, 11) is 0. The van der Waals surface area contributed by atoms with Crippen molar-refractivity contribution in [2.24, 2.45) is 0 Å². The van der Waals surface area contributed by atoms with E-state index in [-0.39, 0.29) is 23.9 Å². The summed E-state index contributed by atoms with van der Waals surface area (Å²) in [4.78, 5) is 27.1. The van der Waals surface area contributed by atoms with Gasteiger partial charge < -0.3 is 10.2 Å². The molecule has 1 atom stereocenters. The first kappa shape index (κ1) is 18.6. The third-order valence-electron chi connectivity index (χ3n) is 5.70. The van der Waals surface area contributed by atoms with Crippen molar-refractivity contribution in [1.82, 2.24) is 35.0 Å². The number of likely N-dealkylation sites (tertiary alicyclic amines) is 1. The molecule has 2 aromatic heterocycles. The van der Waals surface area contributed by atoms with Crippen LogP contribution < -0.4 is 5.32 Å². The number of aromatic nitrogens is 5. The van der Waals surface area contributed by atoms with E-state index >= 15 is 0 Å². The number of aryl methyl sites for hydroxylation is 1. The first-order chi connectivity index (χ1) is 13.6. The van der Waals surface area contributed by atoms with Gasteiger partial charge in [0.05, 0.1) is 30.5 Å². The standard InChI is InChI=1S/C19H27N7O2/c1-2-24-11-14(10-20-24)19(28)26-9-5-8-16(26)12-25-13-17(22-23-25)18(27)21-15-6-3-4-7-15/h10-11,13,15-16H,2-9,12H2,1H3,(H,21,27)/t16-/m0/s1. The molecule has 150 valence electrons. The van der Waals surface area contributed by atoms with Crippen LogP contribution in [0.1, 0.15) is 66.3 Å². The Balaban J connectivity index is 1.38. The normalized spacial score (nSPS) is 20.0. The van der Waals surface area contributed by atoms with E-state index in [4.69, 9.17) is 0 Å². The maximum atomic E-state index is 12.8. The van der Waals surface area contributed by atoms with Gasteiger partial charge in [0.15, 0.2) is 5.69 Å². The highest BCUT2D eigenvalue weighted by Crippen LogP contribution is 2.22. The molecule has 2 aliphatic rings. The molecule has 1 saturated carbocycles. The van der Waals surface area contributed by atoms with Crippen LogP contribution in [0.25, 0.3) is 0 Å². The molecule has 2 amide bonds. The number of nitrogens with zero attached hydrogens (tertiary/aromatic N) is 6. The lowest BCUT2D eigenvalue weighted by Crippen LogP contribution is -2.38. The first-order valence-corrected chi connectivity index (χ1v) is 10.2. The van der Waals surface area contributed by atoms with Crippen LogP contribution in [0.4, 0.5) is 0 Å². The maximum Gasteiger partial charge on any atom is 0.273 e. The predicted molar refractivity (Wildman–Crippen MR) is 102 cm³/mol. The molecule has 1 saturated heterocycles. The summed E-state index contributed by atoms with van der Waals surface area (Å²) in [6, 6.07) is 0.301. The molecule has 1 aliphatic heterocycles. The molecule has 1 aliphatic carbocycles. The molecule has 3 heterocycles. The Hall–Kier alpha value is -2.71. The topological polar surface area (TPSA) is 97.9 Å². The molecule has 0 unspecified atom stereocenters. The van der Waals surface area contributed by atoms with Crippen molar-refractivity contribution in [2.45, 2.75) is 70.6 Å². The van der Waals surface area contributed by atoms with Crippen LogP contribution in [0.2, 0.25) is 0 Å². The van der Waals surface area contributed by atoms with Gasteiger partial charge >= 0.3 is 0 Å². The summed E-state index contributed by atoms with van der Waals surface area (Å²) in [6.45, 7) is 3.99. The Bertz CT molecular complexity index is 837. The quantitative estimate of drug-likeness (QED) is 0.812. The van der Waals surface area contributed by atoms with E-state index in [2.05, 4.69) is 20.7 Å². The third kappa shape index (κ3) is 3.93. The Labute approximate surface area is 164 Å². The van der Waals surface area contributed by atoms with Crippen molar-refractivity contribution in [3.63, 3.8) is 0 Å². The summed E-state index contributed by atoms with van der Waals surface area (Å²) in [5, 5.41) is 15.4. The van der Waals surface area contributed by atoms with E-state index in [1.54, 1.807) is 28.0 Å². The van der Waals surface area contributed by atoms with Gasteiger partial charge in [-0.15, -0.1) is 5.10 Å². The minimum Gasteiger partial charge on any atom is -0.348 e. The van der Waals surface area contributed by atoms with Crippen LogP contribution >= 0.6 is 0 Å². The summed E-state index contributed by atoms with van der Waals surface area (Å²) < 4.78 is 3.43. The van der Waals surface area contributed by atoms with Crippen molar-refractivity contribution in [3.05, 3.63) is 29.8 Å². The second-order valence-electron chi connectivity index (χ2n) is 7.66. The zero-order chi connectivity index (χ0) is 19.5. The minimum atomic E-state index is -0.163. The molecule has 9 heteroatoms. The Kier molecular flexibility index (Phi) is 5.40. The molecule has 0 spiro atoms. The summed E-state index contributed by atoms with van der Waals surface area (Å²) in [5.74, 6) is -0.161. The van der Waals surface area contributed by atoms with Crippen LogP contribution in [-0.4, -0.2) is 60.1 Å². The molecule has 4 rings (SSSR count). The molecular formula is C19H27N7O2. The summed E-state index contributed by atoms with van der Waals surface area (Å²) in [5.41, 5.74) is 0.955. The molecule has 2 fully saturated rings. The second-order valence-corrected chi connectivity index (χ2v) is 7.66. The zero-order valence-corrected chi connectivity index (χ0v) is 16.3. The van der Waals surface area contributed by atoms with Crippen molar-refractivity contribution < 1.29 is 9.59 Å². The lowest BCUT2D eigenvalue weighted by atomic mass is 10.2.